The fourth-order valence-corrected chi connectivity index (χ4v) is 11.8. The third-order valence-electron chi connectivity index (χ3n) is 17.3. The normalized spacial score (nSPS) is 15.0. The molecule has 14 atom stereocenters. The number of carbonyl (C=O) groups excluding carboxylic acids is 13. The van der Waals surface area contributed by atoms with Crippen LogP contribution in [0.2, 0.25) is 0 Å². The third kappa shape index (κ3) is 29.9. The van der Waals surface area contributed by atoms with Crippen LogP contribution in [0.3, 0.4) is 0 Å². The number of aliphatic hydroxyl groups is 2. The molecule has 0 aliphatic heterocycles. The molecule has 0 spiro atoms. The Balaban J connectivity index is 1.48. The van der Waals surface area contributed by atoms with Crippen LogP contribution < -0.4 is 86.7 Å². The maximum atomic E-state index is 15.3. The zero-order valence-electron chi connectivity index (χ0n) is 60.7. The van der Waals surface area contributed by atoms with E-state index in [0.717, 1.165) is 6.92 Å². The second-order valence-corrected chi connectivity index (χ2v) is 26.9. The van der Waals surface area contributed by atoms with E-state index in [2.05, 4.69) is 94.0 Å². The number of benzene rings is 4. The van der Waals surface area contributed by atoms with Gasteiger partial charge in [-0.2, -0.15) is 25.3 Å². The number of para-hydroxylation sites is 1. The van der Waals surface area contributed by atoms with E-state index < -0.39 is 180 Å². The number of aromatic nitrogens is 1. The SMILES string of the molecule is CC(O)[C@H](NC(=O)[C@H](Cc1ccccc1)NC(=O)[C@@H](NC(=O)[C@H](CCCCN)NC(=O)[C@H](Cc1c[nH]c2ccccc12)NC(=O)[C@H](Cc1ccccc1)NC(=O)[C@H](Cc1ccccc1)NC(=O)[C@H](CC(N)=O)NC(=O)[C@H](CCCCN)NC(=O)[C@H](CS)NC(=O)CNC(=O)[C@H](C)N)C(C)O)C(=O)N[C@@H](CS)C(=O)O. The van der Waals surface area contributed by atoms with Crippen molar-refractivity contribution in [3.63, 3.8) is 0 Å². The van der Waals surface area contributed by atoms with Crippen molar-refractivity contribution in [1.82, 2.24) is 68.8 Å². The molecule has 5 rings (SSSR count). The van der Waals surface area contributed by atoms with Crippen molar-refractivity contribution in [2.24, 2.45) is 22.9 Å². The Morgan fingerprint density at radius 3 is 1.17 bits per heavy atom. The quantitative estimate of drug-likeness (QED) is 0.0131. The summed E-state index contributed by atoms with van der Waals surface area (Å²) < 4.78 is 0. The van der Waals surface area contributed by atoms with Crippen LogP contribution >= 0.6 is 25.3 Å². The van der Waals surface area contributed by atoms with Gasteiger partial charge >= 0.3 is 5.97 Å². The molecule has 0 aliphatic rings. The molecule has 0 bridgehead atoms. The van der Waals surface area contributed by atoms with Crippen LogP contribution in [-0.2, 0) is 92.8 Å². The number of aliphatic hydroxyl groups excluding tert-OH is 2. The lowest BCUT2D eigenvalue weighted by atomic mass is 10.00. The first-order valence-electron chi connectivity index (χ1n) is 35.5. The van der Waals surface area contributed by atoms with E-state index in [4.69, 9.17) is 22.9 Å². The van der Waals surface area contributed by atoms with E-state index in [-0.39, 0.29) is 76.0 Å². The van der Waals surface area contributed by atoms with Crippen LogP contribution in [0.4, 0.5) is 0 Å². The summed E-state index contributed by atoms with van der Waals surface area (Å²) in [6.45, 7) is 3.52. The molecule has 24 N–H and O–H groups in total. The van der Waals surface area contributed by atoms with Crippen LogP contribution in [0.5, 0.6) is 0 Å². The summed E-state index contributed by atoms with van der Waals surface area (Å²) in [5.74, 6) is -14.7. The van der Waals surface area contributed by atoms with Gasteiger partial charge < -0.3 is 107 Å². The Labute approximate surface area is 641 Å². The number of aliphatic carboxylic acids is 1. The average molecular weight is 1550 g/mol. The number of carboxylic acids is 1. The van der Waals surface area contributed by atoms with Crippen LogP contribution in [0.25, 0.3) is 10.9 Å². The maximum absolute atomic E-state index is 15.3. The van der Waals surface area contributed by atoms with Crippen molar-refractivity contribution in [3.05, 3.63) is 144 Å². The number of rotatable bonds is 47. The van der Waals surface area contributed by atoms with Crippen molar-refractivity contribution in [1.29, 1.82) is 0 Å². The summed E-state index contributed by atoms with van der Waals surface area (Å²) >= 11 is 8.15. The van der Waals surface area contributed by atoms with Crippen molar-refractivity contribution < 1.29 is 82.4 Å². The minimum atomic E-state index is -1.86. The van der Waals surface area contributed by atoms with Crippen LogP contribution in [0.15, 0.2) is 121 Å². The smallest absolute Gasteiger partial charge is 0.327 e. The van der Waals surface area contributed by atoms with E-state index in [0.29, 0.717) is 46.0 Å². The lowest BCUT2D eigenvalue weighted by molar-refractivity contribution is -0.142. The first-order valence-corrected chi connectivity index (χ1v) is 36.8. The Morgan fingerprint density at radius 1 is 0.413 bits per heavy atom. The van der Waals surface area contributed by atoms with Gasteiger partial charge in [-0.15, -0.1) is 0 Å². The minimum Gasteiger partial charge on any atom is -0.480 e. The third-order valence-corrected chi connectivity index (χ3v) is 18.0. The lowest BCUT2D eigenvalue weighted by Crippen LogP contribution is -2.63. The minimum absolute atomic E-state index is 0.0678. The van der Waals surface area contributed by atoms with Gasteiger partial charge in [0.15, 0.2) is 0 Å². The summed E-state index contributed by atoms with van der Waals surface area (Å²) in [6, 6.07) is 13.4. The van der Waals surface area contributed by atoms with Crippen LogP contribution in [-0.4, -0.2) is 219 Å². The highest BCUT2D eigenvalue weighted by atomic mass is 32.1. The molecule has 2 unspecified atom stereocenters. The van der Waals surface area contributed by atoms with Gasteiger partial charge in [0.1, 0.15) is 66.5 Å². The average Bonchev–Trinajstić information content (AvgIpc) is 1.77. The first-order chi connectivity index (χ1) is 52.0. The van der Waals surface area contributed by atoms with Gasteiger partial charge in [0.25, 0.3) is 0 Å². The molecule has 5 aromatic rings. The molecule has 0 saturated carbocycles. The molecular formula is C73H101N17O17S2. The van der Waals surface area contributed by atoms with Gasteiger partial charge in [-0.1, -0.05) is 109 Å². The molecule has 1 heterocycles. The van der Waals surface area contributed by atoms with Gasteiger partial charge in [-0.05, 0) is 101 Å². The van der Waals surface area contributed by atoms with Gasteiger partial charge in [-0.25, -0.2) is 4.79 Å². The van der Waals surface area contributed by atoms with Gasteiger partial charge in [0.05, 0.1) is 31.2 Å². The molecule has 13 amide bonds. The number of nitrogens with one attached hydrogen (secondary N) is 13. The highest BCUT2D eigenvalue weighted by molar-refractivity contribution is 7.80. The standard InChI is InChI=1S/C73H101N17O17S2/c1-40(76)62(95)79-37-59(94)80-56(38-108)70(103)82-49(27-15-17-29-74)63(96)86-55(35-58(77)93)68(101)84-51(31-43-19-7-4-8-20-43)65(98)83-52(32-44-21-9-5-10-22-44)66(99)85-54(34-46-36-78-48-26-14-13-25-47(46)48)67(100)81-50(28-16-18-30-75)64(97)89-60(41(2)91)71(104)87-53(33-45-23-11-6-12-24-45)69(102)90-61(42(3)92)72(105)88-57(39-109)73(106)107/h4-14,19-26,36,40-42,49-57,60-61,78,91-92,108-109H,15-18,27-35,37-39,74-76H2,1-3H3,(H2,77,93)(H,79,95)(H,80,94)(H,81,100)(H,82,103)(H,83,98)(H,84,101)(H,85,99)(H,86,96)(H,87,104)(H,88,105)(H,89,97)(H,90,102)(H,106,107)/t40-,41?,42?,49-,50-,51-,52-,53-,54-,55-,56-,57-,60-,61-/m0/s1. The van der Waals surface area contributed by atoms with Gasteiger partial charge in [0, 0.05) is 54.3 Å². The van der Waals surface area contributed by atoms with Gasteiger partial charge in [0.2, 0.25) is 76.8 Å². The largest absolute Gasteiger partial charge is 0.480 e. The molecule has 592 valence electrons. The molecule has 0 saturated heterocycles. The Bertz CT molecular complexity index is 3880. The molecule has 0 aliphatic carbocycles. The maximum Gasteiger partial charge on any atom is 0.327 e. The number of H-pyrrole nitrogens is 1. The van der Waals surface area contributed by atoms with Crippen molar-refractivity contribution in [2.75, 3.05) is 31.1 Å². The molecule has 36 heteroatoms. The van der Waals surface area contributed by atoms with Crippen molar-refractivity contribution in [3.8, 4) is 0 Å². The fraction of sp³-hybridized carbons (Fsp3) is 0.452. The zero-order chi connectivity index (χ0) is 80.3. The van der Waals surface area contributed by atoms with E-state index in [9.17, 15) is 68.1 Å². The predicted octanol–water partition coefficient (Wildman–Crippen LogP) is -3.93. The topological polar surface area (TPSA) is 564 Å². The zero-order valence-corrected chi connectivity index (χ0v) is 62.5. The summed E-state index contributed by atoms with van der Waals surface area (Å²) in [5, 5.41) is 62.2. The molecule has 0 radical (unpaired) electrons. The molecule has 34 nitrogen and oxygen atoms in total. The van der Waals surface area contributed by atoms with E-state index in [1.807, 2.05) is 0 Å². The number of unbranched alkanes of at least 4 members (excludes halogenated alkanes) is 2. The predicted molar refractivity (Wildman–Crippen MR) is 409 cm³/mol. The number of hydrogen-bond donors (Lipinski definition) is 22. The second-order valence-electron chi connectivity index (χ2n) is 26.1. The number of thiol groups is 2. The molecule has 4 aromatic carbocycles. The summed E-state index contributed by atoms with van der Waals surface area (Å²) in [5.41, 5.74) is 25.5. The van der Waals surface area contributed by atoms with Crippen LogP contribution in [0, 0.1) is 0 Å². The van der Waals surface area contributed by atoms with Crippen LogP contribution in [0.1, 0.15) is 88.0 Å². The highest BCUT2D eigenvalue weighted by Crippen LogP contribution is 2.21. The molecule has 1 aromatic heterocycles. The molecule has 109 heavy (non-hydrogen) atoms. The van der Waals surface area contributed by atoms with Crippen molar-refractivity contribution >= 4 is 119 Å². The first kappa shape index (κ1) is 89.1. The molecule has 0 fully saturated rings. The Hall–Kier alpha value is -10.5. The number of nitrogens with two attached hydrogens (primary N) is 4. The Kier molecular flexibility index (Phi) is 37.6. The summed E-state index contributed by atoms with van der Waals surface area (Å²) in [4.78, 5) is 197. The lowest BCUT2D eigenvalue weighted by Gasteiger charge is -2.29. The van der Waals surface area contributed by atoms with E-state index in [1.165, 1.54) is 13.8 Å². The number of carboxylic acid groups (broad SMARTS) is 1. The Morgan fingerprint density at radius 2 is 0.761 bits per heavy atom. The second kappa shape index (κ2) is 46.0. The number of hydrogen-bond acceptors (Lipinski definition) is 21. The highest BCUT2D eigenvalue weighted by Gasteiger charge is 2.39. The number of primary amides is 1. The monoisotopic (exact) mass is 1550 g/mol. The summed E-state index contributed by atoms with van der Waals surface area (Å²) in [7, 11) is 0. The van der Waals surface area contributed by atoms with Gasteiger partial charge in [-0.3, -0.25) is 62.3 Å². The number of fused-ring (bicyclic) bond motifs is 1. The number of carbonyl (C=O) groups is 14. The molecular weight excluding hydrogens is 1450 g/mol. The van der Waals surface area contributed by atoms with Crippen molar-refractivity contribution in [2.45, 2.75) is 176 Å². The summed E-state index contributed by atoms with van der Waals surface area (Å²) in [6.07, 6.45) is -2.59. The van der Waals surface area contributed by atoms with E-state index >= 15 is 14.4 Å². The fourth-order valence-electron chi connectivity index (χ4n) is 11.3. The number of aromatic amines is 1. The number of amides is 13. The van der Waals surface area contributed by atoms with E-state index in [1.54, 1.807) is 121 Å².